The second kappa shape index (κ2) is 7.14. The van der Waals surface area contributed by atoms with Gasteiger partial charge in [0.1, 0.15) is 5.54 Å². The van der Waals surface area contributed by atoms with E-state index in [4.69, 9.17) is 0 Å². The molecule has 1 aromatic rings. The summed E-state index contributed by atoms with van der Waals surface area (Å²) in [6, 6.07) is 3.67. The number of hydrogen-bond acceptors (Lipinski definition) is 4. The first-order chi connectivity index (χ1) is 12.0. The monoisotopic (exact) mass is 370 g/mol. The van der Waals surface area contributed by atoms with Gasteiger partial charge in [0.2, 0.25) is 5.91 Å². The van der Waals surface area contributed by atoms with E-state index >= 15 is 0 Å². The molecular weight excluding hydrogens is 353 g/mol. The second-order valence-electron chi connectivity index (χ2n) is 6.17. The lowest BCUT2D eigenvalue weighted by molar-refractivity contribution is -0.137. The van der Waals surface area contributed by atoms with Crippen LogP contribution in [0.4, 0.5) is 18.0 Å². The Kier molecular flexibility index (Phi) is 5.33. The van der Waals surface area contributed by atoms with Crippen LogP contribution in [-0.4, -0.2) is 41.0 Å². The normalized spacial score (nSPS) is 16.9. The van der Waals surface area contributed by atoms with Crippen molar-refractivity contribution in [1.82, 2.24) is 15.6 Å². The first kappa shape index (κ1) is 19.4. The second-order valence-corrected chi connectivity index (χ2v) is 6.17. The summed E-state index contributed by atoms with van der Waals surface area (Å²) in [6.45, 7) is 3.01. The van der Waals surface area contributed by atoms with Gasteiger partial charge in [0.25, 0.3) is 5.91 Å². The van der Waals surface area contributed by atoms with E-state index in [2.05, 4.69) is 15.8 Å². The highest BCUT2D eigenvalue weighted by molar-refractivity contribution is 6.06. The lowest BCUT2D eigenvalue weighted by Crippen LogP contribution is -2.40. The molecule has 140 valence electrons. The van der Waals surface area contributed by atoms with E-state index in [-0.39, 0.29) is 13.0 Å². The predicted octanol–water partition coefficient (Wildman–Crippen LogP) is 1.88. The highest BCUT2D eigenvalue weighted by Gasteiger charge is 2.43. The van der Waals surface area contributed by atoms with E-state index < -0.39 is 35.1 Å². The Labute approximate surface area is 147 Å². The molecule has 0 radical (unpaired) electrons. The number of nitrogens with zero attached hydrogens (tertiary/aromatic N) is 2. The highest BCUT2D eigenvalue weighted by Crippen LogP contribution is 2.28. The molecule has 2 N–H and O–H groups in total. The van der Waals surface area contributed by atoms with Crippen molar-refractivity contribution in [2.45, 2.75) is 32.0 Å². The van der Waals surface area contributed by atoms with E-state index in [1.54, 1.807) is 13.8 Å². The van der Waals surface area contributed by atoms with Crippen LogP contribution in [0.25, 0.3) is 0 Å². The molecule has 0 aliphatic carbocycles. The third-order valence-corrected chi connectivity index (χ3v) is 3.65. The van der Waals surface area contributed by atoms with E-state index in [1.807, 2.05) is 0 Å². The number of urea groups is 1. The number of alkyl halides is 3. The minimum absolute atomic E-state index is 0.101. The fourth-order valence-corrected chi connectivity index (χ4v) is 2.23. The summed E-state index contributed by atoms with van der Waals surface area (Å²) in [6.07, 6.45) is -3.38. The van der Waals surface area contributed by atoms with E-state index in [1.165, 1.54) is 18.3 Å². The van der Waals surface area contributed by atoms with Gasteiger partial charge in [-0.2, -0.15) is 18.3 Å². The molecule has 0 bridgehead atoms. The van der Waals surface area contributed by atoms with Crippen molar-refractivity contribution in [3.05, 3.63) is 35.4 Å². The number of carbonyl (C=O) groups excluding carboxylic acids is 3. The van der Waals surface area contributed by atoms with Crippen LogP contribution < -0.4 is 10.7 Å². The quantitative estimate of drug-likeness (QED) is 0.471. The first-order valence-corrected chi connectivity index (χ1v) is 7.64. The Hall–Kier alpha value is -2.91. The Morgan fingerprint density at radius 3 is 2.38 bits per heavy atom. The molecular formula is C16H17F3N4O3. The number of hydrogen-bond donors (Lipinski definition) is 2. The van der Waals surface area contributed by atoms with Crippen molar-refractivity contribution >= 4 is 24.1 Å². The van der Waals surface area contributed by atoms with Crippen LogP contribution in [0, 0.1) is 0 Å². The number of hydrazone groups is 1. The fraction of sp³-hybridized carbons (Fsp3) is 0.375. The summed E-state index contributed by atoms with van der Waals surface area (Å²) in [7, 11) is 0. The number of amides is 4. The van der Waals surface area contributed by atoms with Gasteiger partial charge in [-0.25, -0.2) is 10.2 Å². The SMILES string of the molecule is CC1(C)NC(=O)N(CCC(=O)N/N=C\c2ccc(C(F)(F)F)cc2)C1=O. The van der Waals surface area contributed by atoms with Gasteiger partial charge in [-0.1, -0.05) is 12.1 Å². The number of halogens is 3. The number of carbonyl (C=O) groups is 3. The van der Waals surface area contributed by atoms with Gasteiger partial charge in [0, 0.05) is 13.0 Å². The lowest BCUT2D eigenvalue weighted by Gasteiger charge is -2.15. The summed E-state index contributed by atoms with van der Waals surface area (Å²) in [5.74, 6) is -0.970. The van der Waals surface area contributed by atoms with Crippen LogP contribution >= 0.6 is 0 Å². The lowest BCUT2D eigenvalue weighted by atomic mass is 10.1. The van der Waals surface area contributed by atoms with Crippen LogP contribution in [0.5, 0.6) is 0 Å². The zero-order valence-corrected chi connectivity index (χ0v) is 14.1. The van der Waals surface area contributed by atoms with Gasteiger partial charge in [-0.3, -0.25) is 14.5 Å². The molecule has 0 unspecified atom stereocenters. The smallest absolute Gasteiger partial charge is 0.324 e. The molecule has 1 heterocycles. The molecule has 0 spiro atoms. The van der Waals surface area contributed by atoms with Crippen LogP contribution in [0.3, 0.4) is 0 Å². The maximum absolute atomic E-state index is 12.4. The number of benzene rings is 1. The Morgan fingerprint density at radius 2 is 1.88 bits per heavy atom. The average Bonchev–Trinajstić information content (AvgIpc) is 2.73. The van der Waals surface area contributed by atoms with Gasteiger partial charge in [-0.15, -0.1) is 0 Å². The summed E-state index contributed by atoms with van der Waals surface area (Å²) in [5.41, 5.74) is 0.771. The molecule has 1 saturated heterocycles. The minimum atomic E-state index is -4.42. The van der Waals surface area contributed by atoms with Crippen molar-refractivity contribution in [2.24, 2.45) is 5.10 Å². The van der Waals surface area contributed by atoms with Crippen LogP contribution in [0.2, 0.25) is 0 Å². The molecule has 4 amide bonds. The van der Waals surface area contributed by atoms with Crippen molar-refractivity contribution in [1.29, 1.82) is 0 Å². The molecule has 1 aromatic carbocycles. The summed E-state index contributed by atoms with van der Waals surface area (Å²) < 4.78 is 37.3. The maximum atomic E-state index is 12.4. The van der Waals surface area contributed by atoms with Crippen molar-refractivity contribution < 1.29 is 27.6 Å². The van der Waals surface area contributed by atoms with E-state index in [0.717, 1.165) is 17.0 Å². The number of nitrogens with one attached hydrogen (secondary N) is 2. The maximum Gasteiger partial charge on any atom is 0.416 e. The molecule has 10 heteroatoms. The Morgan fingerprint density at radius 1 is 1.27 bits per heavy atom. The van der Waals surface area contributed by atoms with Gasteiger partial charge in [0.05, 0.1) is 11.8 Å². The molecule has 0 saturated carbocycles. The van der Waals surface area contributed by atoms with Gasteiger partial charge < -0.3 is 5.32 Å². The molecule has 26 heavy (non-hydrogen) atoms. The van der Waals surface area contributed by atoms with Crippen LogP contribution in [0.15, 0.2) is 29.4 Å². The standard InChI is InChI=1S/C16H17F3N4O3/c1-15(2)13(25)23(14(26)21-15)8-7-12(24)22-20-9-10-3-5-11(6-4-10)16(17,18)19/h3-6,9H,7-8H2,1-2H3,(H,21,26)(H,22,24)/b20-9-. The Balaban J connectivity index is 1.83. The number of imide groups is 1. The zero-order chi connectivity index (χ0) is 19.5. The predicted molar refractivity (Wildman–Crippen MR) is 86.1 cm³/mol. The molecule has 1 aliphatic heterocycles. The average molecular weight is 370 g/mol. The molecule has 1 aliphatic rings. The molecule has 0 atom stereocenters. The first-order valence-electron chi connectivity index (χ1n) is 7.64. The van der Waals surface area contributed by atoms with Crippen molar-refractivity contribution in [3.8, 4) is 0 Å². The van der Waals surface area contributed by atoms with Gasteiger partial charge in [0.15, 0.2) is 0 Å². The zero-order valence-electron chi connectivity index (χ0n) is 14.1. The van der Waals surface area contributed by atoms with E-state index in [9.17, 15) is 27.6 Å². The third-order valence-electron chi connectivity index (χ3n) is 3.65. The molecule has 2 rings (SSSR count). The van der Waals surface area contributed by atoms with Crippen LogP contribution in [-0.2, 0) is 15.8 Å². The summed E-state index contributed by atoms with van der Waals surface area (Å²) >= 11 is 0. The number of rotatable bonds is 5. The van der Waals surface area contributed by atoms with E-state index in [0.29, 0.717) is 5.56 Å². The topological polar surface area (TPSA) is 90.9 Å². The molecule has 0 aromatic heterocycles. The highest BCUT2D eigenvalue weighted by atomic mass is 19.4. The van der Waals surface area contributed by atoms with Gasteiger partial charge >= 0.3 is 12.2 Å². The van der Waals surface area contributed by atoms with Crippen molar-refractivity contribution in [3.63, 3.8) is 0 Å². The molecule has 1 fully saturated rings. The minimum Gasteiger partial charge on any atom is -0.324 e. The third kappa shape index (κ3) is 4.58. The van der Waals surface area contributed by atoms with Gasteiger partial charge in [-0.05, 0) is 31.5 Å². The Bertz CT molecular complexity index is 742. The molecule has 7 nitrogen and oxygen atoms in total. The fourth-order valence-electron chi connectivity index (χ4n) is 2.23. The van der Waals surface area contributed by atoms with Crippen LogP contribution in [0.1, 0.15) is 31.4 Å². The largest absolute Gasteiger partial charge is 0.416 e. The van der Waals surface area contributed by atoms with Crippen molar-refractivity contribution in [2.75, 3.05) is 6.54 Å². The summed E-state index contributed by atoms with van der Waals surface area (Å²) in [5, 5.41) is 6.13. The summed E-state index contributed by atoms with van der Waals surface area (Å²) in [4.78, 5) is 36.3.